The number of carbonyl (C=O) groups is 1. The summed E-state index contributed by atoms with van der Waals surface area (Å²) in [5.74, 6) is 0.401. The number of nitrogens with zero attached hydrogens (tertiary/aromatic N) is 1. The van der Waals surface area contributed by atoms with Crippen LogP contribution in [0.2, 0.25) is 0 Å². The van der Waals surface area contributed by atoms with Crippen LogP contribution in [0.1, 0.15) is 29.9 Å². The van der Waals surface area contributed by atoms with E-state index < -0.39 is 0 Å². The Hall–Kier alpha value is -1.23. The molecule has 0 amide bonds. The van der Waals surface area contributed by atoms with Gasteiger partial charge in [-0.2, -0.15) is 0 Å². The standard InChI is InChI=1S/C12H18N2O2S/c1-3-16-12(15)11-9(13)6-10(17-11)14-5-4-8(2)7-14/h6,8H,3-5,7,13H2,1-2H3. The molecule has 1 aliphatic heterocycles. The summed E-state index contributed by atoms with van der Waals surface area (Å²) in [7, 11) is 0. The molecule has 1 aliphatic rings. The molecule has 1 saturated heterocycles. The maximum Gasteiger partial charge on any atom is 0.350 e. The highest BCUT2D eigenvalue weighted by Crippen LogP contribution is 2.35. The molecular formula is C12H18N2O2S. The third-order valence-electron chi connectivity index (χ3n) is 2.94. The number of thiophene rings is 1. The molecule has 0 bridgehead atoms. The lowest BCUT2D eigenvalue weighted by Crippen LogP contribution is -2.17. The second kappa shape index (κ2) is 4.96. The number of esters is 1. The Morgan fingerprint density at radius 2 is 2.47 bits per heavy atom. The fourth-order valence-corrected chi connectivity index (χ4v) is 3.05. The van der Waals surface area contributed by atoms with Crippen LogP contribution in [-0.4, -0.2) is 25.7 Å². The van der Waals surface area contributed by atoms with Crippen LogP contribution in [0.15, 0.2) is 6.07 Å². The molecule has 1 atom stereocenters. The summed E-state index contributed by atoms with van der Waals surface area (Å²) in [6, 6.07) is 1.88. The Balaban J connectivity index is 2.15. The zero-order valence-corrected chi connectivity index (χ0v) is 11.0. The van der Waals surface area contributed by atoms with Crippen molar-refractivity contribution in [2.24, 2.45) is 5.92 Å². The van der Waals surface area contributed by atoms with E-state index in [0.717, 1.165) is 18.1 Å². The average Bonchev–Trinajstić information content (AvgIpc) is 2.85. The second-order valence-electron chi connectivity index (χ2n) is 4.43. The van der Waals surface area contributed by atoms with E-state index in [0.29, 0.717) is 23.1 Å². The monoisotopic (exact) mass is 254 g/mol. The molecule has 2 heterocycles. The fraction of sp³-hybridized carbons (Fsp3) is 0.583. The van der Waals surface area contributed by atoms with Crippen LogP contribution in [0.3, 0.4) is 0 Å². The van der Waals surface area contributed by atoms with Crippen LogP contribution < -0.4 is 10.6 Å². The van der Waals surface area contributed by atoms with E-state index in [4.69, 9.17) is 10.5 Å². The number of nitrogen functional groups attached to an aromatic ring is 1. The zero-order chi connectivity index (χ0) is 12.4. The summed E-state index contributed by atoms with van der Waals surface area (Å²) in [6.07, 6.45) is 1.20. The number of carbonyl (C=O) groups excluding carboxylic acids is 1. The first kappa shape index (κ1) is 12.2. The molecule has 94 valence electrons. The lowest BCUT2D eigenvalue weighted by atomic mass is 10.2. The molecule has 2 N–H and O–H groups in total. The molecular weight excluding hydrogens is 236 g/mol. The van der Waals surface area contributed by atoms with Gasteiger partial charge in [-0.25, -0.2) is 4.79 Å². The molecule has 1 unspecified atom stereocenters. The minimum Gasteiger partial charge on any atom is -0.462 e. The van der Waals surface area contributed by atoms with Crippen molar-refractivity contribution in [3.05, 3.63) is 10.9 Å². The maximum absolute atomic E-state index is 11.6. The van der Waals surface area contributed by atoms with Crippen LogP contribution in [0.5, 0.6) is 0 Å². The molecule has 4 nitrogen and oxygen atoms in total. The molecule has 0 radical (unpaired) electrons. The van der Waals surface area contributed by atoms with Gasteiger partial charge < -0.3 is 15.4 Å². The average molecular weight is 254 g/mol. The van der Waals surface area contributed by atoms with Gasteiger partial charge in [0.2, 0.25) is 0 Å². The molecule has 2 rings (SSSR count). The number of hydrogen-bond donors (Lipinski definition) is 1. The van der Waals surface area contributed by atoms with Crippen molar-refractivity contribution in [2.75, 3.05) is 30.3 Å². The number of anilines is 2. The number of hydrogen-bond acceptors (Lipinski definition) is 5. The lowest BCUT2D eigenvalue weighted by molar-refractivity contribution is 0.0533. The summed E-state index contributed by atoms with van der Waals surface area (Å²) in [4.78, 5) is 14.5. The Morgan fingerprint density at radius 1 is 1.71 bits per heavy atom. The Labute approximate surface area is 105 Å². The highest BCUT2D eigenvalue weighted by atomic mass is 32.1. The molecule has 1 aromatic heterocycles. The van der Waals surface area contributed by atoms with Gasteiger partial charge >= 0.3 is 5.97 Å². The van der Waals surface area contributed by atoms with E-state index in [-0.39, 0.29) is 5.97 Å². The maximum atomic E-state index is 11.6. The number of ether oxygens (including phenoxy) is 1. The van der Waals surface area contributed by atoms with E-state index >= 15 is 0 Å². The first-order valence-electron chi connectivity index (χ1n) is 5.93. The number of nitrogens with two attached hydrogens (primary N) is 1. The molecule has 0 aromatic carbocycles. The third kappa shape index (κ3) is 2.54. The van der Waals surface area contributed by atoms with E-state index in [1.807, 2.05) is 6.07 Å². The van der Waals surface area contributed by atoms with E-state index in [9.17, 15) is 4.79 Å². The van der Waals surface area contributed by atoms with Crippen molar-refractivity contribution in [2.45, 2.75) is 20.3 Å². The fourth-order valence-electron chi connectivity index (χ4n) is 2.04. The normalized spacial score (nSPS) is 19.6. The van der Waals surface area contributed by atoms with Gasteiger partial charge in [0.15, 0.2) is 0 Å². The van der Waals surface area contributed by atoms with Gasteiger partial charge in [-0.05, 0) is 25.3 Å². The Kier molecular flexibility index (Phi) is 3.57. The van der Waals surface area contributed by atoms with Crippen molar-refractivity contribution in [3.63, 3.8) is 0 Å². The molecule has 5 heteroatoms. The summed E-state index contributed by atoms with van der Waals surface area (Å²) >= 11 is 1.43. The predicted molar refractivity (Wildman–Crippen MR) is 70.7 cm³/mol. The summed E-state index contributed by atoms with van der Waals surface area (Å²) < 4.78 is 4.98. The van der Waals surface area contributed by atoms with Crippen LogP contribution in [0.25, 0.3) is 0 Å². The first-order chi connectivity index (χ1) is 8.11. The van der Waals surface area contributed by atoms with E-state index in [1.54, 1.807) is 6.92 Å². The number of rotatable bonds is 3. The minimum absolute atomic E-state index is 0.312. The van der Waals surface area contributed by atoms with E-state index in [2.05, 4.69) is 11.8 Å². The van der Waals surface area contributed by atoms with Crippen LogP contribution >= 0.6 is 11.3 Å². The van der Waals surface area contributed by atoms with Gasteiger partial charge in [0.25, 0.3) is 0 Å². The molecule has 1 aromatic rings. The largest absolute Gasteiger partial charge is 0.462 e. The lowest BCUT2D eigenvalue weighted by Gasteiger charge is -2.14. The van der Waals surface area contributed by atoms with E-state index in [1.165, 1.54) is 17.8 Å². The van der Waals surface area contributed by atoms with Gasteiger partial charge in [-0.1, -0.05) is 6.92 Å². The second-order valence-corrected chi connectivity index (χ2v) is 5.46. The quantitative estimate of drug-likeness (QED) is 0.841. The van der Waals surface area contributed by atoms with Crippen LogP contribution in [-0.2, 0) is 4.74 Å². The van der Waals surface area contributed by atoms with Gasteiger partial charge in [0.05, 0.1) is 17.3 Å². The van der Waals surface area contributed by atoms with Crippen LogP contribution in [0, 0.1) is 5.92 Å². The highest BCUT2D eigenvalue weighted by Gasteiger charge is 2.23. The summed E-state index contributed by atoms with van der Waals surface area (Å²) in [6.45, 7) is 6.51. The minimum atomic E-state index is -0.312. The van der Waals surface area contributed by atoms with Gasteiger partial charge in [0, 0.05) is 13.1 Å². The van der Waals surface area contributed by atoms with Gasteiger partial charge in [-0.3, -0.25) is 0 Å². The van der Waals surface area contributed by atoms with Crippen molar-refractivity contribution in [3.8, 4) is 0 Å². The molecule has 17 heavy (non-hydrogen) atoms. The highest BCUT2D eigenvalue weighted by molar-refractivity contribution is 7.18. The Bertz CT molecular complexity index is 417. The van der Waals surface area contributed by atoms with Crippen molar-refractivity contribution >= 4 is 28.0 Å². The smallest absolute Gasteiger partial charge is 0.350 e. The first-order valence-corrected chi connectivity index (χ1v) is 6.74. The molecule has 0 spiro atoms. The molecule has 0 saturated carbocycles. The van der Waals surface area contributed by atoms with Crippen molar-refractivity contribution in [1.29, 1.82) is 0 Å². The predicted octanol–water partition coefficient (Wildman–Crippen LogP) is 2.35. The van der Waals surface area contributed by atoms with Gasteiger partial charge in [0.1, 0.15) is 4.88 Å². The Morgan fingerprint density at radius 3 is 3.06 bits per heavy atom. The third-order valence-corrected chi connectivity index (χ3v) is 4.14. The molecule has 1 fully saturated rings. The van der Waals surface area contributed by atoms with Crippen LogP contribution in [0.4, 0.5) is 10.7 Å². The topological polar surface area (TPSA) is 55.6 Å². The summed E-state index contributed by atoms with van der Waals surface area (Å²) in [5.41, 5.74) is 6.39. The summed E-state index contributed by atoms with van der Waals surface area (Å²) in [5, 5.41) is 1.08. The molecule has 0 aliphatic carbocycles. The van der Waals surface area contributed by atoms with Gasteiger partial charge in [-0.15, -0.1) is 11.3 Å². The van der Waals surface area contributed by atoms with Crippen molar-refractivity contribution in [1.82, 2.24) is 0 Å². The van der Waals surface area contributed by atoms with Crippen molar-refractivity contribution < 1.29 is 9.53 Å². The SMILES string of the molecule is CCOC(=O)c1sc(N2CCC(C)C2)cc1N. The zero-order valence-electron chi connectivity index (χ0n) is 10.2.